The third kappa shape index (κ3) is 2.75. The molecular weight excluding hydrogens is 311 g/mol. The highest BCUT2D eigenvalue weighted by molar-refractivity contribution is 5.86. The quantitative estimate of drug-likeness (QED) is 0.822. The number of amides is 1. The molecule has 3 heterocycles. The van der Waals surface area contributed by atoms with Crippen LogP contribution in [0.4, 0.5) is 10.3 Å². The lowest BCUT2D eigenvalue weighted by Gasteiger charge is -2.49. The molecule has 6 nitrogen and oxygen atoms in total. The minimum atomic E-state index is -1.63. The molecule has 1 atom stereocenters. The number of ether oxygens (including phenoxy) is 1. The third-order valence-corrected chi connectivity index (χ3v) is 5.44. The van der Waals surface area contributed by atoms with Crippen LogP contribution in [0.5, 0.6) is 0 Å². The first-order valence-corrected chi connectivity index (χ1v) is 8.75. The second kappa shape index (κ2) is 5.95. The molecule has 1 aliphatic carbocycles. The van der Waals surface area contributed by atoms with E-state index >= 15 is 0 Å². The van der Waals surface area contributed by atoms with Crippen LogP contribution in [0.15, 0.2) is 18.5 Å². The minimum Gasteiger partial charge on any atom is -0.369 e. The maximum Gasteiger partial charge on any atom is 0.260 e. The number of anilines is 1. The number of alkyl halides is 1. The van der Waals surface area contributed by atoms with Crippen molar-refractivity contribution in [2.75, 3.05) is 37.7 Å². The fourth-order valence-corrected chi connectivity index (χ4v) is 3.97. The van der Waals surface area contributed by atoms with Crippen molar-refractivity contribution in [3.05, 3.63) is 18.5 Å². The zero-order chi connectivity index (χ0) is 16.6. The van der Waals surface area contributed by atoms with Crippen LogP contribution < -0.4 is 4.90 Å². The maximum atomic E-state index is 14.5. The second-order valence-corrected chi connectivity index (χ2v) is 7.15. The summed E-state index contributed by atoms with van der Waals surface area (Å²) < 4.78 is 20.6. The number of halogens is 1. The Labute approximate surface area is 141 Å². The summed E-state index contributed by atoms with van der Waals surface area (Å²) in [5.74, 6) is 0.342. The van der Waals surface area contributed by atoms with E-state index in [1.54, 1.807) is 23.4 Å². The van der Waals surface area contributed by atoms with Crippen LogP contribution in [0.25, 0.3) is 0 Å². The van der Waals surface area contributed by atoms with Gasteiger partial charge in [-0.15, -0.1) is 0 Å². The number of rotatable bonds is 2. The predicted octanol–water partition coefficient (Wildman–Crippen LogP) is 1.57. The summed E-state index contributed by atoms with van der Waals surface area (Å²) in [7, 11) is 0. The molecule has 3 fully saturated rings. The Morgan fingerprint density at radius 3 is 2.62 bits per heavy atom. The number of nitrogens with zero attached hydrogens (tertiary/aromatic N) is 4. The van der Waals surface area contributed by atoms with Crippen molar-refractivity contribution in [1.29, 1.82) is 0 Å². The van der Waals surface area contributed by atoms with Crippen molar-refractivity contribution < 1.29 is 13.9 Å². The molecule has 0 bridgehead atoms. The number of piperidine rings is 1. The lowest BCUT2D eigenvalue weighted by Crippen LogP contribution is -2.63. The van der Waals surface area contributed by atoms with E-state index in [0.717, 1.165) is 25.8 Å². The number of hydrogen-bond donors (Lipinski definition) is 0. The number of morpholine rings is 1. The number of aromatic nitrogens is 2. The van der Waals surface area contributed by atoms with Gasteiger partial charge < -0.3 is 14.5 Å². The van der Waals surface area contributed by atoms with E-state index in [4.69, 9.17) is 4.74 Å². The number of hydrogen-bond acceptors (Lipinski definition) is 5. The molecule has 1 amide bonds. The van der Waals surface area contributed by atoms with Gasteiger partial charge in [0.05, 0.1) is 19.7 Å². The molecule has 0 radical (unpaired) electrons. The first kappa shape index (κ1) is 15.7. The second-order valence-electron chi connectivity index (χ2n) is 7.15. The highest BCUT2D eigenvalue weighted by atomic mass is 19.1. The predicted molar refractivity (Wildman–Crippen MR) is 86.4 cm³/mol. The maximum absolute atomic E-state index is 14.5. The summed E-state index contributed by atoms with van der Waals surface area (Å²) >= 11 is 0. The molecule has 1 aromatic heterocycles. The van der Waals surface area contributed by atoms with E-state index < -0.39 is 11.3 Å². The topological polar surface area (TPSA) is 58.6 Å². The van der Waals surface area contributed by atoms with E-state index in [2.05, 4.69) is 14.9 Å². The zero-order valence-corrected chi connectivity index (χ0v) is 13.8. The summed E-state index contributed by atoms with van der Waals surface area (Å²) in [6, 6.07) is 1.79. The standard InChI is InChI=1S/C17H23FN4O2/c18-17(5-1-6-17)14(23)21-10-11-24-16(12-21)4-2-9-22(13-16)15-19-7-3-8-20-15/h3,7-8H,1-2,4-6,9-13H2. The summed E-state index contributed by atoms with van der Waals surface area (Å²) in [6.07, 6.45) is 6.80. The molecular formula is C17H23FN4O2. The van der Waals surface area contributed by atoms with Crippen LogP contribution in [-0.2, 0) is 9.53 Å². The molecule has 0 aromatic carbocycles. The molecule has 3 aliphatic rings. The molecule has 4 rings (SSSR count). The van der Waals surface area contributed by atoms with Crippen molar-refractivity contribution in [2.45, 2.75) is 43.4 Å². The lowest BCUT2D eigenvalue weighted by molar-refractivity contribution is -0.168. The summed E-state index contributed by atoms with van der Waals surface area (Å²) in [5.41, 5.74) is -2.07. The van der Waals surface area contributed by atoms with Crippen LogP contribution in [0.3, 0.4) is 0 Å². The Balaban J connectivity index is 1.48. The van der Waals surface area contributed by atoms with Gasteiger partial charge in [-0.1, -0.05) is 0 Å². The van der Waals surface area contributed by atoms with Gasteiger partial charge in [0, 0.05) is 25.5 Å². The third-order valence-electron chi connectivity index (χ3n) is 5.44. The highest BCUT2D eigenvalue weighted by Gasteiger charge is 2.50. The SMILES string of the molecule is O=C(N1CCOC2(CCCN(c3ncccn3)C2)C1)C1(F)CCC1. The molecule has 130 valence electrons. The van der Waals surface area contributed by atoms with Crippen LogP contribution in [0.1, 0.15) is 32.1 Å². The number of carbonyl (C=O) groups is 1. The Morgan fingerprint density at radius 1 is 1.12 bits per heavy atom. The molecule has 2 saturated heterocycles. The molecule has 24 heavy (non-hydrogen) atoms. The van der Waals surface area contributed by atoms with E-state index in [1.807, 2.05) is 0 Å². The highest BCUT2D eigenvalue weighted by Crippen LogP contribution is 2.39. The van der Waals surface area contributed by atoms with Crippen LogP contribution in [0, 0.1) is 0 Å². The van der Waals surface area contributed by atoms with Gasteiger partial charge in [-0.3, -0.25) is 4.79 Å². The molecule has 7 heteroatoms. The van der Waals surface area contributed by atoms with Crippen LogP contribution in [-0.4, -0.2) is 64.8 Å². The van der Waals surface area contributed by atoms with Gasteiger partial charge >= 0.3 is 0 Å². The summed E-state index contributed by atoms with van der Waals surface area (Å²) in [5, 5.41) is 0. The molecule has 1 spiro atoms. The Bertz CT molecular complexity index is 606. The van der Waals surface area contributed by atoms with Gasteiger partial charge in [-0.05, 0) is 38.2 Å². The van der Waals surface area contributed by atoms with Gasteiger partial charge in [0.25, 0.3) is 5.91 Å². The Hall–Kier alpha value is -1.76. The van der Waals surface area contributed by atoms with E-state index in [-0.39, 0.29) is 5.91 Å². The van der Waals surface area contributed by atoms with Crippen molar-refractivity contribution in [3.8, 4) is 0 Å². The van der Waals surface area contributed by atoms with Crippen molar-refractivity contribution in [1.82, 2.24) is 14.9 Å². The van der Waals surface area contributed by atoms with Gasteiger partial charge in [-0.25, -0.2) is 14.4 Å². The number of carbonyl (C=O) groups excluding carboxylic acids is 1. The normalized spacial score (nSPS) is 29.4. The zero-order valence-electron chi connectivity index (χ0n) is 13.8. The monoisotopic (exact) mass is 334 g/mol. The van der Waals surface area contributed by atoms with Crippen molar-refractivity contribution in [2.24, 2.45) is 0 Å². The Morgan fingerprint density at radius 2 is 1.92 bits per heavy atom. The Kier molecular flexibility index (Phi) is 3.90. The van der Waals surface area contributed by atoms with Crippen LogP contribution >= 0.6 is 0 Å². The van der Waals surface area contributed by atoms with E-state index in [0.29, 0.717) is 45.0 Å². The summed E-state index contributed by atoms with van der Waals surface area (Å²) in [6.45, 7) is 2.91. The van der Waals surface area contributed by atoms with E-state index in [9.17, 15) is 9.18 Å². The smallest absolute Gasteiger partial charge is 0.260 e. The summed E-state index contributed by atoms with van der Waals surface area (Å²) in [4.78, 5) is 24.9. The van der Waals surface area contributed by atoms with Gasteiger partial charge in [0.1, 0.15) is 5.60 Å². The van der Waals surface area contributed by atoms with Crippen molar-refractivity contribution in [3.63, 3.8) is 0 Å². The molecule has 1 unspecified atom stereocenters. The molecule has 2 aliphatic heterocycles. The largest absolute Gasteiger partial charge is 0.369 e. The molecule has 1 aromatic rings. The van der Waals surface area contributed by atoms with Gasteiger partial charge in [-0.2, -0.15) is 0 Å². The average molecular weight is 334 g/mol. The average Bonchev–Trinajstić information content (AvgIpc) is 2.60. The van der Waals surface area contributed by atoms with Crippen molar-refractivity contribution >= 4 is 11.9 Å². The fraction of sp³-hybridized carbons (Fsp3) is 0.706. The molecule has 0 N–H and O–H groups in total. The van der Waals surface area contributed by atoms with Gasteiger partial charge in [0.15, 0.2) is 5.67 Å². The molecule has 1 saturated carbocycles. The van der Waals surface area contributed by atoms with Gasteiger partial charge in [0.2, 0.25) is 5.95 Å². The van der Waals surface area contributed by atoms with Crippen LogP contribution in [0.2, 0.25) is 0 Å². The lowest BCUT2D eigenvalue weighted by atomic mass is 9.80. The minimum absolute atomic E-state index is 0.343. The fourth-order valence-electron chi connectivity index (χ4n) is 3.97. The van der Waals surface area contributed by atoms with E-state index in [1.165, 1.54) is 0 Å². The first-order valence-electron chi connectivity index (χ1n) is 8.75. The first-order chi connectivity index (χ1) is 11.6.